The molecule has 1 aromatic carbocycles. The van der Waals surface area contributed by atoms with E-state index >= 15 is 0 Å². The number of carbonyl (C=O) groups is 2. The van der Waals surface area contributed by atoms with E-state index in [4.69, 9.17) is 4.74 Å². The molecule has 2 aliphatic carbocycles. The molecule has 1 aromatic rings. The van der Waals surface area contributed by atoms with Gasteiger partial charge in [0.1, 0.15) is 5.75 Å². The number of ether oxygens (including phenoxy) is 1. The van der Waals surface area contributed by atoms with Crippen molar-refractivity contribution in [2.45, 2.75) is 64.0 Å². The SMILES string of the molecule is CC1=C(C(=O)N2CC3CC2CN(C(=O)c2ccc(OC4CCC4)cc2)C3)CCC1. The molecule has 2 bridgehead atoms. The van der Waals surface area contributed by atoms with Gasteiger partial charge in [-0.25, -0.2) is 0 Å². The fourth-order valence-corrected chi connectivity index (χ4v) is 5.27. The molecule has 3 fully saturated rings. The minimum absolute atomic E-state index is 0.0699. The maximum Gasteiger partial charge on any atom is 0.253 e. The Morgan fingerprint density at radius 1 is 0.966 bits per heavy atom. The molecular formula is C24H30N2O3. The Kier molecular flexibility index (Phi) is 4.84. The normalized spacial score (nSPS) is 26.7. The number of piperidine rings is 1. The van der Waals surface area contributed by atoms with Gasteiger partial charge in [-0.3, -0.25) is 9.59 Å². The highest BCUT2D eigenvalue weighted by Crippen LogP contribution is 2.35. The van der Waals surface area contributed by atoms with Gasteiger partial charge in [0.25, 0.3) is 5.91 Å². The Morgan fingerprint density at radius 2 is 1.76 bits per heavy atom. The van der Waals surface area contributed by atoms with Crippen LogP contribution in [0.2, 0.25) is 0 Å². The van der Waals surface area contributed by atoms with Gasteiger partial charge < -0.3 is 14.5 Å². The van der Waals surface area contributed by atoms with Crippen LogP contribution in [0.4, 0.5) is 0 Å². The predicted molar refractivity (Wildman–Crippen MR) is 111 cm³/mol. The van der Waals surface area contributed by atoms with E-state index in [0.29, 0.717) is 24.1 Å². The summed E-state index contributed by atoms with van der Waals surface area (Å²) in [7, 11) is 0. The van der Waals surface area contributed by atoms with Crippen molar-refractivity contribution in [1.82, 2.24) is 9.80 Å². The fraction of sp³-hybridized carbons (Fsp3) is 0.583. The predicted octanol–water partition coefficient (Wildman–Crippen LogP) is 3.79. The zero-order chi connectivity index (χ0) is 20.0. The second kappa shape index (κ2) is 7.51. The second-order valence-corrected chi connectivity index (χ2v) is 9.23. The summed E-state index contributed by atoms with van der Waals surface area (Å²) < 4.78 is 5.90. The van der Waals surface area contributed by atoms with Crippen molar-refractivity contribution in [2.24, 2.45) is 5.92 Å². The lowest BCUT2D eigenvalue weighted by Crippen LogP contribution is -2.46. The lowest BCUT2D eigenvalue weighted by molar-refractivity contribution is -0.128. The summed E-state index contributed by atoms with van der Waals surface area (Å²) in [5, 5.41) is 0. The zero-order valence-corrected chi connectivity index (χ0v) is 17.2. The molecular weight excluding hydrogens is 364 g/mol. The van der Waals surface area contributed by atoms with Crippen molar-refractivity contribution in [3.05, 3.63) is 41.0 Å². The van der Waals surface area contributed by atoms with Gasteiger partial charge in [0.2, 0.25) is 5.91 Å². The molecule has 2 saturated heterocycles. The van der Waals surface area contributed by atoms with Crippen LogP contribution in [0.1, 0.15) is 62.2 Å². The summed E-state index contributed by atoms with van der Waals surface area (Å²) in [4.78, 5) is 30.1. The first-order valence-electron chi connectivity index (χ1n) is 11.1. The van der Waals surface area contributed by atoms with E-state index in [-0.39, 0.29) is 17.9 Å². The molecule has 0 N–H and O–H groups in total. The summed E-state index contributed by atoms with van der Waals surface area (Å²) in [6, 6.07) is 7.74. The first-order chi connectivity index (χ1) is 14.1. The van der Waals surface area contributed by atoms with E-state index in [0.717, 1.165) is 62.9 Å². The molecule has 2 atom stereocenters. The molecule has 2 aliphatic heterocycles. The van der Waals surface area contributed by atoms with Crippen LogP contribution in [0.25, 0.3) is 0 Å². The van der Waals surface area contributed by atoms with Crippen LogP contribution in [0, 0.1) is 5.92 Å². The minimum Gasteiger partial charge on any atom is -0.490 e. The van der Waals surface area contributed by atoms with E-state index in [1.165, 1.54) is 12.0 Å². The van der Waals surface area contributed by atoms with Crippen LogP contribution < -0.4 is 4.74 Å². The Balaban J connectivity index is 1.24. The highest BCUT2D eigenvalue weighted by molar-refractivity contribution is 5.96. The van der Waals surface area contributed by atoms with Crippen LogP contribution in [-0.4, -0.2) is 53.4 Å². The third kappa shape index (κ3) is 3.56. The van der Waals surface area contributed by atoms with E-state index in [9.17, 15) is 9.59 Å². The molecule has 29 heavy (non-hydrogen) atoms. The Hall–Kier alpha value is -2.30. The first kappa shape index (κ1) is 18.7. The molecule has 1 saturated carbocycles. The molecule has 2 amide bonds. The maximum atomic E-state index is 13.1. The molecule has 154 valence electrons. The minimum atomic E-state index is 0.0699. The first-order valence-corrected chi connectivity index (χ1v) is 11.1. The van der Waals surface area contributed by atoms with Crippen molar-refractivity contribution in [2.75, 3.05) is 19.6 Å². The van der Waals surface area contributed by atoms with Crippen LogP contribution in [-0.2, 0) is 4.79 Å². The molecule has 2 heterocycles. The van der Waals surface area contributed by atoms with Crippen molar-refractivity contribution in [3.8, 4) is 5.75 Å². The number of allylic oxidation sites excluding steroid dienone is 1. The van der Waals surface area contributed by atoms with Crippen molar-refractivity contribution >= 4 is 11.8 Å². The van der Waals surface area contributed by atoms with Gasteiger partial charge in [0.05, 0.1) is 12.1 Å². The van der Waals surface area contributed by atoms with E-state index in [1.54, 1.807) is 0 Å². The number of likely N-dealkylation sites (tertiary alicyclic amines) is 2. The Morgan fingerprint density at radius 3 is 2.41 bits per heavy atom. The average molecular weight is 395 g/mol. The van der Waals surface area contributed by atoms with Gasteiger partial charge >= 0.3 is 0 Å². The molecule has 0 spiro atoms. The molecule has 5 heteroatoms. The Labute approximate surface area is 172 Å². The highest BCUT2D eigenvalue weighted by Gasteiger charge is 2.43. The molecule has 5 rings (SSSR count). The molecule has 2 unspecified atom stereocenters. The molecule has 4 aliphatic rings. The monoisotopic (exact) mass is 394 g/mol. The van der Waals surface area contributed by atoms with E-state index in [1.807, 2.05) is 29.2 Å². The van der Waals surface area contributed by atoms with E-state index < -0.39 is 0 Å². The summed E-state index contributed by atoms with van der Waals surface area (Å²) in [6.45, 7) is 4.28. The zero-order valence-electron chi connectivity index (χ0n) is 17.2. The van der Waals surface area contributed by atoms with Crippen LogP contribution in [0.3, 0.4) is 0 Å². The van der Waals surface area contributed by atoms with E-state index in [2.05, 4.69) is 11.8 Å². The van der Waals surface area contributed by atoms with Crippen molar-refractivity contribution < 1.29 is 14.3 Å². The van der Waals surface area contributed by atoms with Gasteiger partial charge in [-0.2, -0.15) is 0 Å². The number of hydrogen-bond acceptors (Lipinski definition) is 3. The van der Waals surface area contributed by atoms with Crippen LogP contribution in [0.5, 0.6) is 5.75 Å². The van der Waals surface area contributed by atoms with Crippen LogP contribution in [0.15, 0.2) is 35.4 Å². The number of nitrogens with zero attached hydrogens (tertiary/aromatic N) is 2. The number of hydrogen-bond donors (Lipinski definition) is 0. The topological polar surface area (TPSA) is 49.9 Å². The quantitative estimate of drug-likeness (QED) is 0.781. The number of rotatable bonds is 4. The summed E-state index contributed by atoms with van der Waals surface area (Å²) in [6.07, 6.45) is 7.93. The lowest BCUT2D eigenvalue weighted by Gasteiger charge is -2.33. The third-order valence-corrected chi connectivity index (χ3v) is 7.17. The summed E-state index contributed by atoms with van der Waals surface area (Å²) in [5.74, 6) is 1.53. The fourth-order valence-electron chi connectivity index (χ4n) is 5.27. The Bertz CT molecular complexity index is 840. The van der Waals surface area contributed by atoms with Gasteiger partial charge in [-0.1, -0.05) is 5.57 Å². The molecule has 0 aromatic heterocycles. The summed E-state index contributed by atoms with van der Waals surface area (Å²) >= 11 is 0. The third-order valence-electron chi connectivity index (χ3n) is 7.17. The van der Waals surface area contributed by atoms with Crippen molar-refractivity contribution in [3.63, 3.8) is 0 Å². The van der Waals surface area contributed by atoms with Crippen LogP contribution >= 0.6 is 0 Å². The van der Waals surface area contributed by atoms with Gasteiger partial charge in [0.15, 0.2) is 0 Å². The van der Waals surface area contributed by atoms with Gasteiger partial charge in [0, 0.05) is 30.8 Å². The number of fused-ring (bicyclic) bond motifs is 2. The molecule has 0 radical (unpaired) electrons. The summed E-state index contributed by atoms with van der Waals surface area (Å²) in [5.41, 5.74) is 2.99. The van der Waals surface area contributed by atoms with Crippen molar-refractivity contribution in [1.29, 1.82) is 0 Å². The molecule has 5 nitrogen and oxygen atoms in total. The standard InChI is InChI=1S/C24H30N2O3/c1-16-4-2-7-22(16)24(28)26-14-17-12-19(26)15-25(13-17)23(27)18-8-10-21(11-9-18)29-20-5-3-6-20/h8-11,17,19-20H,2-7,12-15H2,1H3. The number of amides is 2. The second-order valence-electron chi connectivity index (χ2n) is 9.23. The average Bonchev–Trinajstić information content (AvgIpc) is 3.26. The van der Waals surface area contributed by atoms with Gasteiger partial charge in [-0.15, -0.1) is 0 Å². The lowest BCUT2D eigenvalue weighted by atomic mass is 9.96. The maximum absolute atomic E-state index is 13.1. The number of carbonyl (C=O) groups excluding carboxylic acids is 2. The largest absolute Gasteiger partial charge is 0.490 e. The highest BCUT2D eigenvalue weighted by atomic mass is 16.5. The number of benzene rings is 1. The smallest absolute Gasteiger partial charge is 0.253 e. The van der Waals surface area contributed by atoms with Gasteiger partial charge in [-0.05, 0) is 82.1 Å².